The first-order valence-electron chi connectivity index (χ1n) is 19.0. The molecule has 0 fully saturated rings. The molecule has 2 aliphatic rings. The monoisotopic (exact) mass is 752 g/mol. The molecule has 56 heavy (non-hydrogen) atoms. The first-order chi connectivity index (χ1) is 27.5. The zero-order chi connectivity index (χ0) is 37.9. The van der Waals surface area contributed by atoms with Crippen LogP contribution in [0.1, 0.15) is 52.3 Å². The van der Waals surface area contributed by atoms with Crippen molar-refractivity contribution in [1.29, 1.82) is 0 Å². The topological polar surface area (TPSA) is 88.0 Å². The van der Waals surface area contributed by atoms with E-state index >= 15 is 0 Å². The molecule has 0 amide bonds. The summed E-state index contributed by atoms with van der Waals surface area (Å²) in [6.45, 7) is 0. The third-order valence-electron chi connectivity index (χ3n) is 11.7. The van der Waals surface area contributed by atoms with Crippen molar-refractivity contribution in [2.24, 2.45) is 5.92 Å². The minimum absolute atomic E-state index is 0.192. The Labute approximate surface area is 322 Å². The van der Waals surface area contributed by atoms with E-state index in [0.29, 0.717) is 34.1 Å². The smallest absolute Gasteiger partial charge is 0.267 e. The fraction of sp³-hybridized carbons (Fsp3) is 0.149. The number of hydrogen-bond donors (Lipinski definition) is 0. The fourth-order valence-corrected chi connectivity index (χ4v) is 12.8. The minimum atomic E-state index is -1.21. The summed E-state index contributed by atoms with van der Waals surface area (Å²) in [5.74, 6) is -1.03. The summed E-state index contributed by atoms with van der Waals surface area (Å²) >= 11 is 0. The van der Waals surface area contributed by atoms with Crippen LogP contribution in [0.2, 0.25) is 0 Å². The van der Waals surface area contributed by atoms with E-state index in [1.165, 1.54) is 0 Å². The van der Waals surface area contributed by atoms with Crippen LogP contribution in [0.15, 0.2) is 189 Å². The number of hydrogen-bond acceptors (Lipinski definition) is 4. The first-order valence-corrected chi connectivity index (χ1v) is 20.7. The molecule has 0 saturated carbocycles. The summed E-state index contributed by atoms with van der Waals surface area (Å²) in [5, 5.41) is 1.61. The van der Waals surface area contributed by atoms with Crippen molar-refractivity contribution in [3.63, 3.8) is 0 Å². The van der Waals surface area contributed by atoms with Crippen LogP contribution in [0.5, 0.6) is 0 Å². The third kappa shape index (κ3) is 5.24. The van der Waals surface area contributed by atoms with E-state index in [0.717, 1.165) is 22.3 Å². The van der Waals surface area contributed by atoms with Gasteiger partial charge >= 0.3 is 0 Å². The average molecular weight is 753 g/mol. The van der Waals surface area contributed by atoms with Gasteiger partial charge in [-0.1, -0.05) is 146 Å². The van der Waals surface area contributed by atoms with Crippen LogP contribution in [0.4, 0.5) is 0 Å². The zero-order valence-corrected chi connectivity index (χ0v) is 31.2. The highest BCUT2D eigenvalue weighted by molar-refractivity contribution is 7.58. The van der Waals surface area contributed by atoms with Crippen molar-refractivity contribution < 1.29 is 0 Å². The number of aromatic nitrogens is 4. The molecule has 0 aliphatic carbocycles. The van der Waals surface area contributed by atoms with Crippen molar-refractivity contribution in [3.8, 4) is 0 Å². The van der Waals surface area contributed by atoms with Gasteiger partial charge in [-0.05, 0) is 67.0 Å². The average Bonchev–Trinajstić information content (AvgIpc) is 3.79. The normalized spacial score (nSPS) is 21.3. The molecule has 4 unspecified atom stereocenters. The Morgan fingerprint density at radius 1 is 0.357 bits per heavy atom. The van der Waals surface area contributed by atoms with E-state index in [4.69, 9.17) is 0 Å². The predicted molar refractivity (Wildman–Crippen MR) is 223 cm³/mol. The van der Waals surface area contributed by atoms with E-state index in [1.54, 1.807) is 55.1 Å². The molecule has 0 N–H and O–H groups in total. The molecule has 274 valence electrons. The summed E-state index contributed by atoms with van der Waals surface area (Å²) in [4.78, 5) is 58.7. The Morgan fingerprint density at radius 2 is 0.643 bits per heavy atom. The number of fused-ring (bicyclic) bond motifs is 4. The van der Waals surface area contributed by atoms with Crippen molar-refractivity contribution in [3.05, 3.63) is 234 Å². The lowest BCUT2D eigenvalue weighted by molar-refractivity contribution is 0.389. The maximum Gasteiger partial charge on any atom is 0.274 e. The first kappa shape index (κ1) is 34.1. The molecule has 0 radical (unpaired) electrons. The van der Waals surface area contributed by atoms with Gasteiger partial charge in [0.1, 0.15) is 11.6 Å². The Hall–Kier alpha value is -6.37. The van der Waals surface area contributed by atoms with E-state index in [-0.39, 0.29) is 28.2 Å². The van der Waals surface area contributed by atoms with E-state index in [1.807, 2.05) is 109 Å². The zero-order valence-electron chi connectivity index (χ0n) is 30.3. The second kappa shape index (κ2) is 13.7. The Balaban J connectivity index is 1.20. The molecule has 10 rings (SSSR count). The molecular formula is C47H37N4O4P. The maximum atomic E-state index is 14.7. The third-order valence-corrected chi connectivity index (χ3v) is 14.8. The van der Waals surface area contributed by atoms with E-state index < -0.39 is 31.6 Å². The Morgan fingerprint density at radius 3 is 0.982 bits per heavy atom. The SMILES string of the molecule is O=c1c2ccccc2c(=O)n2n1C(c1ccccc1)C(CCP1C(c3ccccc3)n3c(=O)c4ccccc4c(=O)n3[C@@H]1c1ccccc1)[C@H]2c1ccccc1. The quantitative estimate of drug-likeness (QED) is 0.154. The van der Waals surface area contributed by atoms with Gasteiger partial charge < -0.3 is 0 Å². The molecule has 6 atom stereocenters. The second-order valence-electron chi connectivity index (χ2n) is 14.7. The van der Waals surface area contributed by atoms with Gasteiger partial charge in [0.05, 0.1) is 33.6 Å². The molecule has 2 aromatic heterocycles. The lowest BCUT2D eigenvalue weighted by Gasteiger charge is -2.29. The van der Waals surface area contributed by atoms with Crippen molar-refractivity contribution >= 4 is 29.5 Å². The molecule has 4 heterocycles. The van der Waals surface area contributed by atoms with Gasteiger partial charge in [-0.2, -0.15) is 0 Å². The molecule has 9 heteroatoms. The van der Waals surface area contributed by atoms with Crippen molar-refractivity contribution in [2.75, 3.05) is 6.16 Å². The highest BCUT2D eigenvalue weighted by atomic mass is 31.1. The largest absolute Gasteiger partial charge is 0.274 e. The molecular weight excluding hydrogens is 716 g/mol. The summed E-state index contributed by atoms with van der Waals surface area (Å²) < 4.78 is 6.89. The van der Waals surface area contributed by atoms with Crippen molar-refractivity contribution in [1.82, 2.24) is 18.7 Å². The second-order valence-corrected chi connectivity index (χ2v) is 17.1. The fourth-order valence-electron chi connectivity index (χ4n) is 9.38. The lowest BCUT2D eigenvalue weighted by Crippen LogP contribution is -2.37. The Bertz CT molecular complexity index is 2590. The maximum absolute atomic E-state index is 14.7. The van der Waals surface area contributed by atoms with Crippen LogP contribution >= 0.6 is 7.92 Å². The number of rotatable bonds is 7. The van der Waals surface area contributed by atoms with Crippen LogP contribution < -0.4 is 22.2 Å². The van der Waals surface area contributed by atoms with Gasteiger partial charge in [0.25, 0.3) is 22.2 Å². The summed E-state index contributed by atoms with van der Waals surface area (Å²) in [7, 11) is -1.21. The van der Waals surface area contributed by atoms with E-state index in [9.17, 15) is 19.2 Å². The van der Waals surface area contributed by atoms with Gasteiger partial charge in [-0.25, -0.2) is 18.7 Å². The molecule has 8 aromatic rings. The molecule has 0 saturated heterocycles. The van der Waals surface area contributed by atoms with Crippen LogP contribution in [0.3, 0.4) is 0 Å². The standard InChI is InChI=1S/C47H37N4O4P/c52-42-35-25-13-14-26-36(35)43(53)49-41(32-19-7-2-8-20-32)39(40(48(42)49)31-17-5-1-6-18-31)29-30-56-46(33-21-9-3-10-22-33)50-44(54)37-27-15-16-28-38(37)45(55)51(50)47(56)34-23-11-4-12-24-34/h1-28,39-41,46-47H,29-30H2/t39?,40-,41?,46+,47?,56?/m1/s1. The molecule has 2 aliphatic heterocycles. The lowest BCUT2D eigenvalue weighted by atomic mass is 9.83. The summed E-state index contributed by atoms with van der Waals surface area (Å²) in [5.41, 5.74) is 3.04. The number of nitrogens with zero attached hydrogens (tertiary/aromatic N) is 4. The van der Waals surface area contributed by atoms with Gasteiger partial charge in [0.15, 0.2) is 0 Å². The molecule has 8 nitrogen and oxygen atoms in total. The summed E-state index contributed by atoms with van der Waals surface area (Å²) in [6.07, 6.45) is 1.26. The van der Waals surface area contributed by atoms with E-state index in [2.05, 4.69) is 24.3 Å². The van der Waals surface area contributed by atoms with Crippen molar-refractivity contribution in [2.45, 2.75) is 30.1 Å². The minimum Gasteiger partial charge on any atom is -0.267 e. The van der Waals surface area contributed by atoms with Gasteiger partial charge in [-0.3, -0.25) is 19.2 Å². The Kier molecular flexibility index (Phi) is 8.37. The highest BCUT2D eigenvalue weighted by Crippen LogP contribution is 2.66. The van der Waals surface area contributed by atoms with Gasteiger partial charge in [0.2, 0.25) is 0 Å². The highest BCUT2D eigenvalue weighted by Gasteiger charge is 2.48. The van der Waals surface area contributed by atoms with Crippen LogP contribution in [0.25, 0.3) is 21.5 Å². The van der Waals surface area contributed by atoms with Gasteiger partial charge in [0, 0.05) is 5.92 Å². The van der Waals surface area contributed by atoms with Crippen LogP contribution in [-0.4, -0.2) is 24.9 Å². The van der Waals surface area contributed by atoms with Crippen LogP contribution in [0, 0.1) is 5.92 Å². The molecule has 0 bridgehead atoms. The summed E-state index contributed by atoms with van der Waals surface area (Å²) in [6, 6.07) is 53.4. The molecule has 6 aromatic carbocycles. The number of benzene rings is 6. The van der Waals surface area contributed by atoms with Crippen LogP contribution in [-0.2, 0) is 0 Å². The molecule has 0 spiro atoms. The van der Waals surface area contributed by atoms with Gasteiger partial charge in [-0.15, -0.1) is 0 Å². The predicted octanol–water partition coefficient (Wildman–Crippen LogP) is 8.13.